The van der Waals surface area contributed by atoms with E-state index in [9.17, 15) is 23.1 Å². The summed E-state index contributed by atoms with van der Waals surface area (Å²) in [5.41, 5.74) is 1.05. The molecule has 1 aliphatic heterocycles. The predicted molar refractivity (Wildman–Crippen MR) is 97.2 cm³/mol. The standard InChI is InChI=1S/C20H24F3NO4/c1-11-8-14(28-10-20(21,22)23)9-12(2)15(11)16-17(25)19(24-18(16)26)6-4-13(27-3)5-7-19/h8-9,13,25H,4-7,10H2,1-3H3,(H,24,26)/t13-,19+. The number of rotatable bonds is 4. The highest BCUT2D eigenvalue weighted by Crippen LogP contribution is 2.43. The van der Waals surface area contributed by atoms with E-state index in [4.69, 9.17) is 9.47 Å². The molecule has 0 radical (unpaired) electrons. The predicted octanol–water partition coefficient (Wildman–Crippen LogP) is 3.97. The third-order valence-electron chi connectivity index (χ3n) is 5.55. The van der Waals surface area contributed by atoms with Crippen molar-refractivity contribution in [3.05, 3.63) is 34.6 Å². The average Bonchev–Trinajstić information content (AvgIpc) is 2.84. The summed E-state index contributed by atoms with van der Waals surface area (Å²) < 4.78 is 47.4. The number of aliphatic hydroxyl groups excluding tert-OH is 1. The normalized spacial score (nSPS) is 25.4. The van der Waals surface area contributed by atoms with E-state index in [0.29, 0.717) is 29.5 Å². The number of hydrogen-bond donors (Lipinski definition) is 2. The maximum absolute atomic E-state index is 12.7. The topological polar surface area (TPSA) is 67.8 Å². The molecule has 154 valence electrons. The number of benzene rings is 1. The number of halogens is 3. The third kappa shape index (κ3) is 3.83. The molecule has 0 bridgehead atoms. The van der Waals surface area contributed by atoms with Crippen LogP contribution in [0.4, 0.5) is 13.2 Å². The first kappa shape index (κ1) is 20.5. The van der Waals surface area contributed by atoms with Gasteiger partial charge in [-0.2, -0.15) is 13.2 Å². The van der Waals surface area contributed by atoms with Crippen molar-refractivity contribution < 1.29 is 32.5 Å². The minimum absolute atomic E-state index is 0.00205. The quantitative estimate of drug-likeness (QED) is 0.804. The van der Waals surface area contributed by atoms with Crippen LogP contribution in [0.3, 0.4) is 0 Å². The van der Waals surface area contributed by atoms with Gasteiger partial charge in [-0.1, -0.05) is 0 Å². The summed E-state index contributed by atoms with van der Waals surface area (Å²) in [4.78, 5) is 12.7. The SMILES string of the molecule is CO[C@H]1CC[C@]2(CC1)NC(=O)C(c1c(C)cc(OCC(F)(F)F)cc1C)=C2O. The summed E-state index contributed by atoms with van der Waals surface area (Å²) in [6, 6.07) is 2.91. The van der Waals surface area contributed by atoms with Crippen LogP contribution in [0.25, 0.3) is 5.57 Å². The molecule has 1 spiro atoms. The number of amides is 1. The van der Waals surface area contributed by atoms with Crippen molar-refractivity contribution in [2.24, 2.45) is 0 Å². The van der Waals surface area contributed by atoms with Crippen LogP contribution in [-0.2, 0) is 9.53 Å². The Labute approximate surface area is 161 Å². The van der Waals surface area contributed by atoms with Gasteiger partial charge in [0.2, 0.25) is 0 Å². The van der Waals surface area contributed by atoms with Crippen LogP contribution in [0.1, 0.15) is 42.4 Å². The molecule has 5 nitrogen and oxygen atoms in total. The lowest BCUT2D eigenvalue weighted by Gasteiger charge is -2.36. The number of carbonyl (C=O) groups is 1. The molecule has 8 heteroatoms. The molecule has 28 heavy (non-hydrogen) atoms. The number of aryl methyl sites for hydroxylation is 2. The Morgan fingerprint density at radius 2 is 1.79 bits per heavy atom. The summed E-state index contributed by atoms with van der Waals surface area (Å²) in [7, 11) is 1.64. The van der Waals surface area contributed by atoms with E-state index in [1.807, 2.05) is 0 Å². The molecule has 1 saturated carbocycles. The monoisotopic (exact) mass is 399 g/mol. The van der Waals surface area contributed by atoms with Gasteiger partial charge < -0.3 is 19.9 Å². The highest BCUT2D eigenvalue weighted by atomic mass is 19.4. The first-order valence-electron chi connectivity index (χ1n) is 9.16. The van der Waals surface area contributed by atoms with Crippen LogP contribution in [0.15, 0.2) is 17.9 Å². The number of aliphatic hydroxyl groups is 1. The molecular formula is C20H24F3NO4. The molecule has 0 aromatic heterocycles. The molecule has 0 unspecified atom stereocenters. The first-order chi connectivity index (χ1) is 13.1. The zero-order valence-corrected chi connectivity index (χ0v) is 16.1. The summed E-state index contributed by atoms with van der Waals surface area (Å²) in [6.07, 6.45) is -1.76. The highest BCUT2D eigenvalue weighted by Gasteiger charge is 2.48. The van der Waals surface area contributed by atoms with Crippen LogP contribution in [0.5, 0.6) is 5.75 Å². The van der Waals surface area contributed by atoms with Gasteiger partial charge >= 0.3 is 6.18 Å². The molecule has 3 rings (SSSR count). The molecule has 2 aliphatic rings. The number of nitrogens with one attached hydrogen (secondary N) is 1. The lowest BCUT2D eigenvalue weighted by molar-refractivity contribution is -0.153. The van der Waals surface area contributed by atoms with Gasteiger partial charge in [0.25, 0.3) is 5.91 Å². The minimum Gasteiger partial charge on any atom is -0.509 e. The largest absolute Gasteiger partial charge is 0.509 e. The average molecular weight is 399 g/mol. The summed E-state index contributed by atoms with van der Waals surface area (Å²) in [5.74, 6) is -0.296. The zero-order chi connectivity index (χ0) is 20.7. The maximum Gasteiger partial charge on any atom is 0.422 e. The number of ether oxygens (including phenoxy) is 2. The van der Waals surface area contributed by atoms with Crippen molar-refractivity contribution in [1.82, 2.24) is 5.32 Å². The minimum atomic E-state index is -4.43. The van der Waals surface area contributed by atoms with Crippen molar-refractivity contribution >= 4 is 11.5 Å². The van der Waals surface area contributed by atoms with Crippen LogP contribution >= 0.6 is 0 Å². The molecule has 2 N–H and O–H groups in total. The van der Waals surface area contributed by atoms with E-state index < -0.39 is 18.3 Å². The molecule has 0 saturated heterocycles. The molecule has 1 aliphatic carbocycles. The van der Waals surface area contributed by atoms with Gasteiger partial charge in [-0.15, -0.1) is 0 Å². The third-order valence-corrected chi connectivity index (χ3v) is 5.55. The molecule has 0 atom stereocenters. The van der Waals surface area contributed by atoms with Crippen molar-refractivity contribution in [3.8, 4) is 5.75 Å². The Morgan fingerprint density at radius 1 is 1.21 bits per heavy atom. The Morgan fingerprint density at radius 3 is 2.29 bits per heavy atom. The van der Waals surface area contributed by atoms with E-state index in [0.717, 1.165) is 12.8 Å². The van der Waals surface area contributed by atoms with Crippen LogP contribution < -0.4 is 10.1 Å². The zero-order valence-electron chi connectivity index (χ0n) is 16.1. The number of methoxy groups -OCH3 is 1. The summed E-state index contributed by atoms with van der Waals surface area (Å²) in [5, 5.41) is 13.9. The molecule has 1 aromatic rings. The van der Waals surface area contributed by atoms with Gasteiger partial charge in [0, 0.05) is 7.11 Å². The lowest BCUT2D eigenvalue weighted by atomic mass is 9.79. The van der Waals surface area contributed by atoms with E-state index in [1.54, 1.807) is 21.0 Å². The van der Waals surface area contributed by atoms with Gasteiger partial charge in [0.05, 0.1) is 17.2 Å². The van der Waals surface area contributed by atoms with Crippen LogP contribution in [0.2, 0.25) is 0 Å². The van der Waals surface area contributed by atoms with E-state index in [1.165, 1.54) is 12.1 Å². The Kier molecular flexibility index (Phi) is 5.36. The Hall–Kier alpha value is -2.22. The molecule has 1 amide bonds. The fourth-order valence-corrected chi connectivity index (χ4v) is 4.17. The number of alkyl halides is 3. The van der Waals surface area contributed by atoms with Gasteiger partial charge in [0.1, 0.15) is 11.5 Å². The first-order valence-corrected chi connectivity index (χ1v) is 9.16. The molecular weight excluding hydrogens is 375 g/mol. The van der Waals surface area contributed by atoms with E-state index in [-0.39, 0.29) is 29.1 Å². The summed E-state index contributed by atoms with van der Waals surface area (Å²) in [6.45, 7) is 1.98. The Balaban J connectivity index is 1.93. The Bertz CT molecular complexity index is 785. The van der Waals surface area contributed by atoms with Crippen molar-refractivity contribution in [1.29, 1.82) is 0 Å². The van der Waals surface area contributed by atoms with Gasteiger partial charge in [-0.25, -0.2) is 0 Å². The second-order valence-corrected chi connectivity index (χ2v) is 7.53. The smallest absolute Gasteiger partial charge is 0.422 e. The fourth-order valence-electron chi connectivity index (χ4n) is 4.17. The fraction of sp³-hybridized carbons (Fsp3) is 0.550. The van der Waals surface area contributed by atoms with Crippen molar-refractivity contribution in [3.63, 3.8) is 0 Å². The molecule has 1 aromatic carbocycles. The van der Waals surface area contributed by atoms with Gasteiger partial charge in [-0.05, 0) is 68.4 Å². The van der Waals surface area contributed by atoms with E-state index >= 15 is 0 Å². The second kappa shape index (κ2) is 7.31. The van der Waals surface area contributed by atoms with Crippen molar-refractivity contribution in [2.75, 3.05) is 13.7 Å². The second-order valence-electron chi connectivity index (χ2n) is 7.53. The van der Waals surface area contributed by atoms with Crippen LogP contribution in [0, 0.1) is 13.8 Å². The van der Waals surface area contributed by atoms with Crippen LogP contribution in [-0.4, -0.2) is 42.5 Å². The highest BCUT2D eigenvalue weighted by molar-refractivity contribution is 6.24. The molecule has 1 heterocycles. The molecule has 1 fully saturated rings. The lowest BCUT2D eigenvalue weighted by Crippen LogP contribution is -2.48. The number of hydrogen-bond acceptors (Lipinski definition) is 4. The summed E-state index contributed by atoms with van der Waals surface area (Å²) >= 11 is 0. The number of carbonyl (C=O) groups excluding carboxylic acids is 1. The van der Waals surface area contributed by atoms with Gasteiger partial charge in [-0.3, -0.25) is 4.79 Å². The maximum atomic E-state index is 12.7. The van der Waals surface area contributed by atoms with Crippen molar-refractivity contribution in [2.45, 2.75) is 57.3 Å². The van der Waals surface area contributed by atoms with E-state index in [2.05, 4.69) is 5.32 Å². The van der Waals surface area contributed by atoms with Gasteiger partial charge in [0.15, 0.2) is 6.61 Å².